The molecule has 0 atom stereocenters. The zero-order valence-electron chi connectivity index (χ0n) is 17.1. The number of non-ortho nitro benzene ring substituents is 1. The van der Waals surface area contributed by atoms with Gasteiger partial charge < -0.3 is 4.57 Å². The number of allylic oxidation sites excluding steroid dienone is 1. The summed E-state index contributed by atoms with van der Waals surface area (Å²) in [6.07, 6.45) is 1.85. The van der Waals surface area contributed by atoms with Crippen LogP contribution in [-0.2, 0) is 0 Å². The van der Waals surface area contributed by atoms with Crippen LogP contribution in [0.15, 0.2) is 57.8 Å². The van der Waals surface area contributed by atoms with Crippen molar-refractivity contribution in [1.82, 2.24) is 9.55 Å². The van der Waals surface area contributed by atoms with Crippen molar-refractivity contribution >= 4 is 45.1 Å². The van der Waals surface area contributed by atoms with Crippen LogP contribution in [0.25, 0.3) is 22.0 Å². The maximum atomic E-state index is 11.2. The predicted molar refractivity (Wildman–Crippen MR) is 126 cm³/mol. The van der Waals surface area contributed by atoms with Gasteiger partial charge in [0.1, 0.15) is 6.07 Å². The standard InChI is InChI=1S/C23H18N4O2S2/c1-14-8-9-18(27(28)29)12-21(14)26-15(2)10-17(16(26)3)11-19(13-24)30-23-25-20-6-4-5-7-22(20)31-23/h4-12H,1-3H3. The second kappa shape index (κ2) is 8.38. The van der Waals surface area contributed by atoms with Crippen molar-refractivity contribution in [1.29, 1.82) is 5.26 Å². The molecule has 154 valence electrons. The molecule has 2 heterocycles. The Bertz CT molecular complexity index is 1360. The number of thiazole rings is 1. The van der Waals surface area contributed by atoms with E-state index in [1.54, 1.807) is 23.5 Å². The van der Waals surface area contributed by atoms with Crippen molar-refractivity contribution in [2.24, 2.45) is 0 Å². The van der Waals surface area contributed by atoms with E-state index in [4.69, 9.17) is 0 Å². The summed E-state index contributed by atoms with van der Waals surface area (Å²) in [7, 11) is 0. The molecule has 6 nitrogen and oxygen atoms in total. The molecule has 0 aliphatic carbocycles. The SMILES string of the molecule is Cc1ccc([N+](=O)[O-])cc1-n1c(C)cc(C=C(C#N)Sc2nc3ccccc3s2)c1C. The predicted octanol–water partition coefficient (Wildman–Crippen LogP) is 6.58. The van der Waals surface area contributed by atoms with Gasteiger partial charge in [-0.15, -0.1) is 11.3 Å². The Morgan fingerprint density at radius 3 is 2.71 bits per heavy atom. The monoisotopic (exact) mass is 446 g/mol. The number of rotatable bonds is 5. The van der Waals surface area contributed by atoms with Gasteiger partial charge in [-0.3, -0.25) is 10.1 Å². The smallest absolute Gasteiger partial charge is 0.271 e. The maximum Gasteiger partial charge on any atom is 0.271 e. The van der Waals surface area contributed by atoms with Gasteiger partial charge in [0.25, 0.3) is 5.69 Å². The number of thioether (sulfide) groups is 1. The third-order valence-electron chi connectivity index (χ3n) is 4.98. The third-order valence-corrected chi connectivity index (χ3v) is 7.01. The van der Waals surface area contributed by atoms with Crippen LogP contribution in [0.5, 0.6) is 0 Å². The molecule has 31 heavy (non-hydrogen) atoms. The van der Waals surface area contributed by atoms with Crippen molar-refractivity contribution in [3.63, 3.8) is 0 Å². The zero-order valence-corrected chi connectivity index (χ0v) is 18.8. The first-order valence-corrected chi connectivity index (χ1v) is 11.1. The fraction of sp³-hybridized carbons (Fsp3) is 0.130. The van der Waals surface area contributed by atoms with Gasteiger partial charge in [-0.2, -0.15) is 5.26 Å². The van der Waals surface area contributed by atoms with Crippen LogP contribution in [0.4, 0.5) is 5.69 Å². The summed E-state index contributed by atoms with van der Waals surface area (Å²) in [5, 5.41) is 20.9. The summed E-state index contributed by atoms with van der Waals surface area (Å²) in [6, 6.07) is 17.0. The van der Waals surface area contributed by atoms with E-state index in [1.165, 1.54) is 17.8 Å². The van der Waals surface area contributed by atoms with Gasteiger partial charge in [-0.25, -0.2) is 4.98 Å². The molecule has 4 rings (SSSR count). The number of para-hydroxylation sites is 1. The molecule has 4 aromatic rings. The molecule has 0 amide bonds. The lowest BCUT2D eigenvalue weighted by molar-refractivity contribution is -0.384. The van der Waals surface area contributed by atoms with Crippen LogP contribution in [0.3, 0.4) is 0 Å². The van der Waals surface area contributed by atoms with Gasteiger partial charge in [0.15, 0.2) is 4.34 Å². The van der Waals surface area contributed by atoms with E-state index < -0.39 is 0 Å². The lowest BCUT2D eigenvalue weighted by Crippen LogP contribution is -2.02. The summed E-state index contributed by atoms with van der Waals surface area (Å²) in [5.41, 5.74) is 5.43. The van der Waals surface area contributed by atoms with Crippen LogP contribution in [0.1, 0.15) is 22.5 Å². The largest absolute Gasteiger partial charge is 0.317 e. The molecular weight excluding hydrogens is 428 g/mol. The highest BCUT2D eigenvalue weighted by atomic mass is 32.2. The van der Waals surface area contributed by atoms with Crippen molar-refractivity contribution in [3.05, 3.63) is 86.1 Å². The van der Waals surface area contributed by atoms with Crippen molar-refractivity contribution in [2.75, 3.05) is 0 Å². The Labute approximate surface area is 187 Å². The molecule has 0 aliphatic rings. The van der Waals surface area contributed by atoms with Gasteiger partial charge in [0, 0.05) is 23.5 Å². The molecule has 0 radical (unpaired) electrons. The number of aryl methyl sites for hydroxylation is 2. The topological polar surface area (TPSA) is 84.8 Å². The maximum absolute atomic E-state index is 11.2. The van der Waals surface area contributed by atoms with E-state index in [-0.39, 0.29) is 10.6 Å². The molecule has 0 N–H and O–H groups in total. The molecule has 0 saturated heterocycles. The molecule has 0 spiro atoms. The van der Waals surface area contributed by atoms with E-state index in [1.807, 2.05) is 61.7 Å². The molecule has 0 aliphatic heterocycles. The number of nitrogens with zero attached hydrogens (tertiary/aromatic N) is 4. The number of fused-ring (bicyclic) bond motifs is 1. The highest BCUT2D eigenvalue weighted by Crippen LogP contribution is 2.35. The van der Waals surface area contributed by atoms with Crippen LogP contribution in [-0.4, -0.2) is 14.5 Å². The van der Waals surface area contributed by atoms with E-state index in [9.17, 15) is 15.4 Å². The van der Waals surface area contributed by atoms with E-state index in [0.29, 0.717) is 4.91 Å². The quantitative estimate of drug-likeness (QED) is 0.150. The molecule has 0 saturated carbocycles. The first-order valence-electron chi connectivity index (χ1n) is 9.47. The van der Waals surface area contributed by atoms with Crippen molar-refractivity contribution in [3.8, 4) is 11.8 Å². The Hall–Kier alpha value is -3.41. The van der Waals surface area contributed by atoms with Crippen LogP contribution >= 0.6 is 23.1 Å². The van der Waals surface area contributed by atoms with E-state index in [0.717, 1.165) is 42.8 Å². The molecule has 0 fully saturated rings. The Balaban J connectivity index is 1.72. The van der Waals surface area contributed by atoms with E-state index in [2.05, 4.69) is 11.1 Å². The average Bonchev–Trinajstić information content (AvgIpc) is 3.27. The van der Waals surface area contributed by atoms with Gasteiger partial charge in [-0.1, -0.05) is 18.2 Å². The number of hydrogen-bond donors (Lipinski definition) is 0. The normalized spacial score (nSPS) is 11.6. The number of benzene rings is 2. The molecule has 8 heteroatoms. The second-order valence-electron chi connectivity index (χ2n) is 7.06. The molecular formula is C23H18N4O2S2. The number of nitriles is 1. The van der Waals surface area contributed by atoms with Crippen LogP contribution in [0.2, 0.25) is 0 Å². The summed E-state index contributed by atoms with van der Waals surface area (Å²) in [4.78, 5) is 16.0. The van der Waals surface area contributed by atoms with Gasteiger partial charge >= 0.3 is 0 Å². The zero-order chi connectivity index (χ0) is 22.1. The molecule has 0 unspecified atom stereocenters. The van der Waals surface area contributed by atoms with Gasteiger partial charge in [-0.05, 0) is 67.9 Å². The van der Waals surface area contributed by atoms with Gasteiger partial charge in [0.05, 0.1) is 25.7 Å². The molecule has 2 aromatic carbocycles. The molecule has 2 aromatic heterocycles. The lowest BCUT2D eigenvalue weighted by atomic mass is 10.1. The Kier molecular flexibility index (Phi) is 5.63. The van der Waals surface area contributed by atoms with Gasteiger partial charge in [0.2, 0.25) is 0 Å². The number of hydrogen-bond acceptors (Lipinski definition) is 6. The van der Waals surface area contributed by atoms with Crippen molar-refractivity contribution < 1.29 is 4.92 Å². The fourth-order valence-electron chi connectivity index (χ4n) is 3.47. The second-order valence-corrected chi connectivity index (χ2v) is 9.38. The summed E-state index contributed by atoms with van der Waals surface area (Å²) < 4.78 is 3.89. The Morgan fingerprint density at radius 2 is 2.00 bits per heavy atom. The number of nitro groups is 1. The molecule has 0 bridgehead atoms. The fourth-order valence-corrected chi connectivity index (χ4v) is 5.44. The highest BCUT2D eigenvalue weighted by molar-refractivity contribution is 8.05. The minimum Gasteiger partial charge on any atom is -0.317 e. The highest BCUT2D eigenvalue weighted by Gasteiger charge is 2.16. The minimum absolute atomic E-state index is 0.0503. The first kappa shape index (κ1) is 20.8. The van der Waals surface area contributed by atoms with Crippen LogP contribution in [0, 0.1) is 42.2 Å². The van der Waals surface area contributed by atoms with E-state index >= 15 is 0 Å². The summed E-state index contributed by atoms with van der Waals surface area (Å²) in [5.74, 6) is 0. The average molecular weight is 447 g/mol. The van der Waals surface area contributed by atoms with Crippen molar-refractivity contribution in [2.45, 2.75) is 25.1 Å². The number of nitro benzene ring substituents is 1. The summed E-state index contributed by atoms with van der Waals surface area (Å²) in [6.45, 7) is 5.83. The number of aromatic nitrogens is 2. The lowest BCUT2D eigenvalue weighted by Gasteiger charge is -2.12. The minimum atomic E-state index is -0.389. The Morgan fingerprint density at radius 1 is 1.23 bits per heavy atom. The summed E-state index contributed by atoms with van der Waals surface area (Å²) >= 11 is 2.91. The van der Waals surface area contributed by atoms with Crippen LogP contribution < -0.4 is 0 Å². The third kappa shape index (κ3) is 4.10. The first-order chi connectivity index (χ1) is 14.9.